The average molecular weight is 400 g/mol. The van der Waals surface area contributed by atoms with E-state index in [1.807, 2.05) is 30.3 Å². The molecule has 3 aromatic rings. The molecule has 2 nitrogen and oxygen atoms in total. The van der Waals surface area contributed by atoms with Gasteiger partial charge in [-0.05, 0) is 66.1 Å². The lowest BCUT2D eigenvalue weighted by molar-refractivity contribution is 0.306. The first-order valence-electron chi connectivity index (χ1n) is 8.06. The highest BCUT2D eigenvalue weighted by molar-refractivity contribution is 9.10. The van der Waals surface area contributed by atoms with Crippen LogP contribution in [0.5, 0.6) is 5.75 Å². The third kappa shape index (κ3) is 5.07. The minimum atomic E-state index is -0.235. The number of halogens is 2. The normalized spacial score (nSPS) is 10.5. The van der Waals surface area contributed by atoms with Crippen molar-refractivity contribution in [1.82, 2.24) is 0 Å². The molecule has 4 heteroatoms. The lowest BCUT2D eigenvalue weighted by Crippen LogP contribution is -2.01. The standard InChI is InChI=1S/C21H19BrFNO/c1-15-12-18(22)6-11-21(15)24-13-16-4-9-20(10-5-16)25-14-17-2-7-19(23)8-3-17/h2-12,24H,13-14H2,1H3. The fourth-order valence-electron chi connectivity index (χ4n) is 2.47. The molecule has 0 bridgehead atoms. The molecule has 0 saturated carbocycles. The third-order valence-electron chi connectivity index (χ3n) is 3.91. The fraction of sp³-hybridized carbons (Fsp3) is 0.143. The predicted octanol–water partition coefficient (Wildman–Crippen LogP) is 6.09. The summed E-state index contributed by atoms with van der Waals surface area (Å²) in [5.74, 6) is 0.564. The molecule has 0 atom stereocenters. The Balaban J connectivity index is 1.54. The number of aryl methyl sites for hydroxylation is 1. The summed E-state index contributed by atoms with van der Waals surface area (Å²) in [6.45, 7) is 3.26. The lowest BCUT2D eigenvalue weighted by Gasteiger charge is -2.11. The van der Waals surface area contributed by atoms with Gasteiger partial charge in [-0.25, -0.2) is 4.39 Å². The maximum atomic E-state index is 12.9. The van der Waals surface area contributed by atoms with Crippen molar-refractivity contribution in [3.8, 4) is 5.75 Å². The van der Waals surface area contributed by atoms with Gasteiger partial charge < -0.3 is 10.1 Å². The zero-order valence-electron chi connectivity index (χ0n) is 13.9. The van der Waals surface area contributed by atoms with Crippen molar-refractivity contribution in [2.45, 2.75) is 20.1 Å². The summed E-state index contributed by atoms with van der Waals surface area (Å²) in [6.07, 6.45) is 0. The molecule has 0 heterocycles. The summed E-state index contributed by atoms with van der Waals surface area (Å²) in [6, 6.07) is 20.5. The SMILES string of the molecule is Cc1cc(Br)ccc1NCc1ccc(OCc2ccc(F)cc2)cc1. The van der Waals surface area contributed by atoms with Crippen LogP contribution in [0.3, 0.4) is 0 Å². The molecule has 0 fully saturated rings. The molecule has 1 N–H and O–H groups in total. The molecule has 25 heavy (non-hydrogen) atoms. The molecule has 128 valence electrons. The molecule has 0 aliphatic heterocycles. The van der Waals surface area contributed by atoms with Gasteiger partial charge in [0, 0.05) is 16.7 Å². The molecule has 0 unspecified atom stereocenters. The highest BCUT2D eigenvalue weighted by Gasteiger charge is 2.01. The molecule has 0 radical (unpaired) electrons. The van der Waals surface area contributed by atoms with E-state index in [2.05, 4.69) is 40.3 Å². The first-order chi connectivity index (χ1) is 12.1. The molecule has 3 aromatic carbocycles. The Bertz CT molecular complexity index is 832. The number of nitrogens with one attached hydrogen (secondary N) is 1. The number of hydrogen-bond donors (Lipinski definition) is 1. The first kappa shape index (κ1) is 17.5. The van der Waals surface area contributed by atoms with Gasteiger partial charge in [-0.3, -0.25) is 0 Å². The van der Waals surface area contributed by atoms with E-state index in [0.717, 1.165) is 28.0 Å². The first-order valence-corrected chi connectivity index (χ1v) is 8.86. The molecule has 0 aliphatic carbocycles. The summed E-state index contributed by atoms with van der Waals surface area (Å²) in [5, 5.41) is 3.44. The van der Waals surface area contributed by atoms with E-state index in [4.69, 9.17) is 4.74 Å². The predicted molar refractivity (Wildman–Crippen MR) is 103 cm³/mol. The Kier molecular flexibility index (Phi) is 5.71. The Hall–Kier alpha value is -2.33. The average Bonchev–Trinajstić information content (AvgIpc) is 2.61. The van der Waals surface area contributed by atoms with Gasteiger partial charge in [0.05, 0.1) is 0 Å². The second-order valence-corrected chi connectivity index (χ2v) is 6.79. The van der Waals surface area contributed by atoms with Crippen LogP contribution in [0.1, 0.15) is 16.7 Å². The van der Waals surface area contributed by atoms with Gasteiger partial charge in [-0.2, -0.15) is 0 Å². The zero-order chi connectivity index (χ0) is 17.6. The maximum Gasteiger partial charge on any atom is 0.123 e. The number of ether oxygens (including phenoxy) is 1. The van der Waals surface area contributed by atoms with Crippen LogP contribution < -0.4 is 10.1 Å². The van der Waals surface area contributed by atoms with Crippen LogP contribution in [0.4, 0.5) is 10.1 Å². The van der Waals surface area contributed by atoms with Crippen LogP contribution >= 0.6 is 15.9 Å². The number of anilines is 1. The van der Waals surface area contributed by atoms with E-state index in [-0.39, 0.29) is 5.82 Å². The Morgan fingerprint density at radius 2 is 1.60 bits per heavy atom. The molecule has 0 saturated heterocycles. The summed E-state index contributed by atoms with van der Waals surface area (Å²) < 4.78 is 19.7. The van der Waals surface area contributed by atoms with E-state index in [9.17, 15) is 4.39 Å². The van der Waals surface area contributed by atoms with Crippen molar-refractivity contribution < 1.29 is 9.13 Å². The molecular weight excluding hydrogens is 381 g/mol. The summed E-state index contributed by atoms with van der Waals surface area (Å²) in [7, 11) is 0. The smallest absolute Gasteiger partial charge is 0.123 e. The van der Waals surface area contributed by atoms with Crippen LogP contribution in [0.2, 0.25) is 0 Å². The van der Waals surface area contributed by atoms with Crippen molar-refractivity contribution in [2.24, 2.45) is 0 Å². The van der Waals surface area contributed by atoms with E-state index < -0.39 is 0 Å². The molecule has 0 spiro atoms. The second kappa shape index (κ2) is 8.17. The monoisotopic (exact) mass is 399 g/mol. The quantitative estimate of drug-likeness (QED) is 0.541. The van der Waals surface area contributed by atoms with Crippen molar-refractivity contribution >= 4 is 21.6 Å². The van der Waals surface area contributed by atoms with Gasteiger partial charge in [0.2, 0.25) is 0 Å². The van der Waals surface area contributed by atoms with E-state index >= 15 is 0 Å². The second-order valence-electron chi connectivity index (χ2n) is 5.87. The van der Waals surface area contributed by atoms with E-state index in [1.54, 1.807) is 12.1 Å². The Morgan fingerprint density at radius 3 is 2.28 bits per heavy atom. The summed E-state index contributed by atoms with van der Waals surface area (Å²) >= 11 is 3.48. The molecule has 3 rings (SSSR count). The molecule has 0 amide bonds. The maximum absolute atomic E-state index is 12.9. The van der Waals surface area contributed by atoms with Gasteiger partial charge in [0.1, 0.15) is 18.2 Å². The van der Waals surface area contributed by atoms with Gasteiger partial charge in [0.15, 0.2) is 0 Å². The largest absolute Gasteiger partial charge is 0.489 e. The highest BCUT2D eigenvalue weighted by Crippen LogP contribution is 2.21. The minimum Gasteiger partial charge on any atom is -0.489 e. The summed E-state index contributed by atoms with van der Waals surface area (Å²) in [5.41, 5.74) is 4.45. The number of benzene rings is 3. The van der Waals surface area contributed by atoms with Crippen LogP contribution in [0.25, 0.3) is 0 Å². The lowest BCUT2D eigenvalue weighted by atomic mass is 10.1. The van der Waals surface area contributed by atoms with Gasteiger partial charge in [-0.15, -0.1) is 0 Å². The number of hydrogen-bond acceptors (Lipinski definition) is 2. The minimum absolute atomic E-state index is 0.235. The van der Waals surface area contributed by atoms with Crippen LogP contribution in [-0.4, -0.2) is 0 Å². The summed E-state index contributed by atoms with van der Waals surface area (Å²) in [4.78, 5) is 0. The van der Waals surface area contributed by atoms with Gasteiger partial charge in [0.25, 0.3) is 0 Å². The van der Waals surface area contributed by atoms with Crippen molar-refractivity contribution in [3.63, 3.8) is 0 Å². The van der Waals surface area contributed by atoms with E-state index in [0.29, 0.717) is 6.61 Å². The molecular formula is C21H19BrFNO. The van der Waals surface area contributed by atoms with Crippen molar-refractivity contribution in [1.29, 1.82) is 0 Å². The highest BCUT2D eigenvalue weighted by atomic mass is 79.9. The Labute approximate surface area is 155 Å². The zero-order valence-corrected chi connectivity index (χ0v) is 15.5. The number of rotatable bonds is 6. The third-order valence-corrected chi connectivity index (χ3v) is 4.41. The van der Waals surface area contributed by atoms with Crippen molar-refractivity contribution in [2.75, 3.05) is 5.32 Å². The van der Waals surface area contributed by atoms with Gasteiger partial charge in [-0.1, -0.05) is 40.2 Å². The van der Waals surface area contributed by atoms with Crippen molar-refractivity contribution in [3.05, 3.63) is 93.7 Å². The van der Waals surface area contributed by atoms with Gasteiger partial charge >= 0.3 is 0 Å². The fourth-order valence-corrected chi connectivity index (χ4v) is 2.95. The molecule has 0 aromatic heterocycles. The van der Waals surface area contributed by atoms with Crippen LogP contribution in [0.15, 0.2) is 71.2 Å². The van der Waals surface area contributed by atoms with Crippen LogP contribution in [0, 0.1) is 12.7 Å². The van der Waals surface area contributed by atoms with E-state index in [1.165, 1.54) is 23.3 Å². The Morgan fingerprint density at radius 1 is 0.920 bits per heavy atom. The molecule has 0 aliphatic rings. The topological polar surface area (TPSA) is 21.3 Å². The van der Waals surface area contributed by atoms with Crippen LogP contribution in [-0.2, 0) is 13.2 Å².